The summed E-state index contributed by atoms with van der Waals surface area (Å²) in [4.78, 5) is 0. The van der Waals surface area contributed by atoms with Crippen LogP contribution in [0.25, 0.3) is 0 Å². The molecule has 1 aliphatic carbocycles. The number of sulfone groups is 1. The summed E-state index contributed by atoms with van der Waals surface area (Å²) in [6, 6.07) is 8.77. The summed E-state index contributed by atoms with van der Waals surface area (Å²) in [5.74, 6) is -1.15. The van der Waals surface area contributed by atoms with Gasteiger partial charge in [0.05, 0.1) is 12.1 Å². The number of rotatable bonds is 2. The molecule has 1 aliphatic rings. The van der Waals surface area contributed by atoms with E-state index in [4.69, 9.17) is 10.5 Å². The maximum absolute atomic E-state index is 12.8. The second-order valence-electron chi connectivity index (χ2n) is 4.37. The first kappa shape index (κ1) is 12.5. The maximum atomic E-state index is 12.8. The topological polar surface area (TPSA) is 81.7 Å². The zero-order chi connectivity index (χ0) is 13.6. The number of benzene rings is 1. The molecular weight excluding hydrogens is 255 g/mol. The summed E-state index contributed by atoms with van der Waals surface area (Å²) in [5.41, 5.74) is -1.05. The summed E-state index contributed by atoms with van der Waals surface area (Å²) in [5, 5.41) is 17.1. The molecule has 6 heteroatoms. The van der Waals surface area contributed by atoms with Crippen LogP contribution in [0.5, 0.6) is 0 Å². The Morgan fingerprint density at radius 2 is 1.72 bits per heavy atom. The van der Waals surface area contributed by atoms with Gasteiger partial charge in [0, 0.05) is 12.2 Å². The molecule has 18 heavy (non-hydrogen) atoms. The summed E-state index contributed by atoms with van der Waals surface area (Å²) >= 11 is 0. The van der Waals surface area contributed by atoms with Gasteiger partial charge in [0.15, 0.2) is 15.3 Å². The Kier molecular flexibility index (Phi) is 2.64. The Morgan fingerprint density at radius 1 is 1.22 bits per heavy atom. The molecule has 0 unspecified atom stereocenters. The highest BCUT2D eigenvalue weighted by atomic mass is 32.2. The van der Waals surface area contributed by atoms with Gasteiger partial charge in [0.1, 0.15) is 11.1 Å². The molecule has 92 valence electrons. The van der Waals surface area contributed by atoms with Crippen LogP contribution in [0.2, 0.25) is 0 Å². The zero-order valence-corrected chi connectivity index (χ0v) is 10.3. The predicted molar refractivity (Wildman–Crippen MR) is 61.4 cm³/mol. The van der Waals surface area contributed by atoms with Gasteiger partial charge in [-0.2, -0.15) is 10.5 Å². The molecule has 1 fully saturated rings. The summed E-state index contributed by atoms with van der Waals surface area (Å²) in [7, 11) is -3.51. The van der Waals surface area contributed by atoms with E-state index in [2.05, 4.69) is 0 Å². The number of halogens is 1. The highest BCUT2D eigenvalue weighted by Crippen LogP contribution is 2.62. The number of nitrogens with zero attached hydrogens (tertiary/aromatic N) is 2. The lowest BCUT2D eigenvalue weighted by Crippen LogP contribution is -2.11. The molecule has 0 bridgehead atoms. The molecule has 0 aromatic heterocycles. The SMILES string of the molecule is CS(=O)(=O)[C@@H]1[C@H](c2ccc(F)cc2)C1(C#N)C#N. The third-order valence-electron chi connectivity index (χ3n) is 3.19. The van der Waals surface area contributed by atoms with Crippen LogP contribution in [-0.2, 0) is 9.84 Å². The molecule has 1 aromatic rings. The third-order valence-corrected chi connectivity index (χ3v) is 4.76. The Hall–Kier alpha value is -1.92. The minimum absolute atomic E-state index is 0.449. The lowest BCUT2D eigenvalue weighted by atomic mass is 10.0. The van der Waals surface area contributed by atoms with E-state index < -0.39 is 32.2 Å². The van der Waals surface area contributed by atoms with Crippen LogP contribution in [-0.4, -0.2) is 19.9 Å². The Balaban J connectivity index is 2.50. The van der Waals surface area contributed by atoms with Gasteiger partial charge in [-0.3, -0.25) is 0 Å². The molecule has 1 saturated carbocycles. The van der Waals surface area contributed by atoms with Crippen LogP contribution in [0.15, 0.2) is 24.3 Å². The highest BCUT2D eigenvalue weighted by Gasteiger charge is 2.72. The van der Waals surface area contributed by atoms with Crippen molar-refractivity contribution in [2.24, 2.45) is 5.41 Å². The van der Waals surface area contributed by atoms with E-state index in [-0.39, 0.29) is 0 Å². The number of hydrogen-bond donors (Lipinski definition) is 0. The number of hydrogen-bond acceptors (Lipinski definition) is 4. The van der Waals surface area contributed by atoms with Crippen molar-refractivity contribution in [3.05, 3.63) is 35.6 Å². The van der Waals surface area contributed by atoms with Crippen molar-refractivity contribution >= 4 is 9.84 Å². The average molecular weight is 264 g/mol. The molecule has 0 saturated heterocycles. The van der Waals surface area contributed by atoms with Gasteiger partial charge >= 0.3 is 0 Å². The van der Waals surface area contributed by atoms with Crippen molar-refractivity contribution in [2.45, 2.75) is 11.2 Å². The molecule has 0 spiro atoms. The second-order valence-corrected chi connectivity index (χ2v) is 6.54. The molecule has 2 rings (SSSR count). The van der Waals surface area contributed by atoms with E-state index >= 15 is 0 Å². The standard InChI is InChI=1S/C12H9FN2O2S/c1-18(16,17)11-10(12(11,6-14)7-15)8-2-4-9(13)5-3-8/h2-5,10-11H,1H3/t10-,11+/m0/s1. The van der Waals surface area contributed by atoms with Crippen LogP contribution in [0.4, 0.5) is 4.39 Å². The molecule has 0 radical (unpaired) electrons. The fourth-order valence-electron chi connectivity index (χ4n) is 2.34. The number of nitriles is 2. The summed E-state index contributed by atoms with van der Waals surface area (Å²) < 4.78 is 36.0. The molecule has 0 N–H and O–H groups in total. The van der Waals surface area contributed by atoms with Crippen LogP contribution >= 0.6 is 0 Å². The minimum Gasteiger partial charge on any atom is -0.229 e. The largest absolute Gasteiger partial charge is 0.229 e. The zero-order valence-electron chi connectivity index (χ0n) is 9.46. The predicted octanol–water partition coefficient (Wildman–Crippen LogP) is 1.37. The van der Waals surface area contributed by atoms with Gasteiger partial charge in [0.2, 0.25) is 0 Å². The molecular formula is C12H9FN2O2S. The highest BCUT2D eigenvalue weighted by molar-refractivity contribution is 7.91. The van der Waals surface area contributed by atoms with E-state index in [9.17, 15) is 12.8 Å². The van der Waals surface area contributed by atoms with E-state index in [1.165, 1.54) is 24.3 Å². The lowest BCUT2D eigenvalue weighted by Gasteiger charge is -1.98. The maximum Gasteiger partial charge on any atom is 0.169 e. The molecule has 0 aliphatic heterocycles. The first-order chi connectivity index (χ1) is 8.36. The second kappa shape index (κ2) is 3.79. The van der Waals surface area contributed by atoms with E-state index in [1.807, 2.05) is 0 Å². The van der Waals surface area contributed by atoms with Gasteiger partial charge in [-0.15, -0.1) is 0 Å². The van der Waals surface area contributed by atoms with Crippen molar-refractivity contribution in [1.82, 2.24) is 0 Å². The Bertz CT molecular complexity index is 654. The van der Waals surface area contributed by atoms with E-state index in [0.717, 1.165) is 6.26 Å². The fourth-order valence-corrected chi connectivity index (χ4v) is 4.06. The van der Waals surface area contributed by atoms with Crippen molar-refractivity contribution in [3.63, 3.8) is 0 Å². The van der Waals surface area contributed by atoms with Crippen molar-refractivity contribution in [3.8, 4) is 12.1 Å². The molecule has 2 atom stereocenters. The van der Waals surface area contributed by atoms with E-state index in [1.54, 1.807) is 12.1 Å². The van der Waals surface area contributed by atoms with Crippen LogP contribution in [0.3, 0.4) is 0 Å². The summed E-state index contributed by atoms with van der Waals surface area (Å²) in [6.07, 6.45) is 1.00. The first-order valence-electron chi connectivity index (χ1n) is 5.13. The summed E-state index contributed by atoms with van der Waals surface area (Å²) in [6.45, 7) is 0. The monoisotopic (exact) mass is 264 g/mol. The normalized spacial score (nSPS) is 24.9. The van der Waals surface area contributed by atoms with Gasteiger partial charge in [-0.25, -0.2) is 12.8 Å². The Labute approximate surface area is 104 Å². The first-order valence-corrected chi connectivity index (χ1v) is 7.09. The van der Waals surface area contributed by atoms with Gasteiger partial charge in [-0.05, 0) is 17.7 Å². The van der Waals surface area contributed by atoms with Crippen LogP contribution in [0.1, 0.15) is 11.5 Å². The minimum atomic E-state index is -3.51. The van der Waals surface area contributed by atoms with Crippen molar-refractivity contribution in [2.75, 3.05) is 6.26 Å². The lowest BCUT2D eigenvalue weighted by molar-refractivity contribution is 0.597. The van der Waals surface area contributed by atoms with Crippen LogP contribution in [0, 0.1) is 33.9 Å². The van der Waals surface area contributed by atoms with Gasteiger partial charge < -0.3 is 0 Å². The van der Waals surface area contributed by atoms with Crippen molar-refractivity contribution < 1.29 is 12.8 Å². The van der Waals surface area contributed by atoms with Crippen LogP contribution < -0.4 is 0 Å². The quantitative estimate of drug-likeness (QED) is 0.807. The molecule has 0 heterocycles. The third kappa shape index (κ3) is 1.66. The van der Waals surface area contributed by atoms with Gasteiger partial charge in [-0.1, -0.05) is 12.1 Å². The average Bonchev–Trinajstić information content (AvgIpc) is 3.00. The smallest absolute Gasteiger partial charge is 0.169 e. The molecule has 1 aromatic carbocycles. The van der Waals surface area contributed by atoms with Gasteiger partial charge in [0.25, 0.3) is 0 Å². The molecule has 4 nitrogen and oxygen atoms in total. The molecule has 0 amide bonds. The van der Waals surface area contributed by atoms with Crippen molar-refractivity contribution in [1.29, 1.82) is 10.5 Å². The fraction of sp³-hybridized carbons (Fsp3) is 0.333. The van der Waals surface area contributed by atoms with E-state index in [0.29, 0.717) is 5.56 Å². The Morgan fingerprint density at radius 3 is 2.06 bits per heavy atom.